The molecule has 0 saturated heterocycles. The molecular formula is C30H24N8O. The van der Waals surface area contributed by atoms with E-state index in [4.69, 9.17) is 19.6 Å². The molecule has 0 fully saturated rings. The van der Waals surface area contributed by atoms with Gasteiger partial charge in [-0.3, -0.25) is 9.36 Å². The van der Waals surface area contributed by atoms with Crippen LogP contribution >= 0.6 is 0 Å². The number of fused-ring (bicyclic) bond motifs is 9. The van der Waals surface area contributed by atoms with Crippen molar-refractivity contribution in [3.05, 3.63) is 73.6 Å². The Balaban J connectivity index is 1.23. The fourth-order valence-electron chi connectivity index (χ4n) is 6.36. The van der Waals surface area contributed by atoms with Crippen LogP contribution in [0.3, 0.4) is 0 Å². The molecule has 9 heteroatoms. The predicted molar refractivity (Wildman–Crippen MR) is 148 cm³/mol. The van der Waals surface area contributed by atoms with E-state index < -0.39 is 0 Å². The van der Waals surface area contributed by atoms with Crippen molar-refractivity contribution < 1.29 is 4.42 Å². The topological polar surface area (TPSA) is 84.4 Å². The molecule has 0 N–H and O–H groups in total. The van der Waals surface area contributed by atoms with Crippen LogP contribution in [0, 0.1) is 0 Å². The molecule has 5 aromatic heterocycles. The summed E-state index contributed by atoms with van der Waals surface area (Å²) in [4.78, 5) is 9.37. The molecule has 0 spiro atoms. The first-order valence-electron chi connectivity index (χ1n) is 13.4. The number of aryl methyl sites for hydroxylation is 4. The Morgan fingerprint density at radius 3 is 2.10 bits per heavy atom. The Labute approximate surface area is 222 Å². The van der Waals surface area contributed by atoms with Gasteiger partial charge in [-0.05, 0) is 30.5 Å². The minimum atomic E-state index is 0.862. The number of hydrogen-bond acceptors (Lipinski definition) is 5. The Hall–Kier alpha value is -4.92. The van der Waals surface area contributed by atoms with Crippen LogP contribution in [-0.2, 0) is 26.2 Å². The zero-order valence-electron chi connectivity index (χ0n) is 21.2. The molecule has 190 valence electrons. The van der Waals surface area contributed by atoms with E-state index in [2.05, 4.69) is 72.3 Å². The van der Waals surface area contributed by atoms with Crippen molar-refractivity contribution in [3.8, 4) is 45.3 Å². The molecule has 0 atom stereocenters. The van der Waals surface area contributed by atoms with E-state index in [9.17, 15) is 0 Å². The normalized spacial score (nSPS) is 14.6. The van der Waals surface area contributed by atoms with Gasteiger partial charge in [-0.2, -0.15) is 10.2 Å². The highest BCUT2D eigenvalue weighted by atomic mass is 16.3. The van der Waals surface area contributed by atoms with Gasteiger partial charge in [0.1, 0.15) is 22.6 Å². The number of rotatable bonds is 2. The Kier molecular flexibility index (Phi) is 4.21. The van der Waals surface area contributed by atoms with Crippen molar-refractivity contribution in [2.45, 2.75) is 39.0 Å². The summed E-state index contributed by atoms with van der Waals surface area (Å²) in [7, 11) is 0. The largest absolute Gasteiger partial charge is 0.455 e. The highest BCUT2D eigenvalue weighted by Crippen LogP contribution is 2.42. The van der Waals surface area contributed by atoms with E-state index in [1.165, 1.54) is 0 Å². The lowest BCUT2D eigenvalue weighted by Crippen LogP contribution is -2.00. The molecule has 0 unspecified atom stereocenters. The fraction of sp³-hybridized carbons (Fsp3) is 0.200. The quantitative estimate of drug-likeness (QED) is 0.290. The lowest BCUT2D eigenvalue weighted by molar-refractivity contribution is 0.556. The molecule has 39 heavy (non-hydrogen) atoms. The maximum atomic E-state index is 6.55. The van der Waals surface area contributed by atoms with Crippen LogP contribution in [0.25, 0.3) is 67.2 Å². The molecule has 2 aromatic carbocycles. The van der Waals surface area contributed by atoms with E-state index in [1.807, 2.05) is 24.8 Å². The van der Waals surface area contributed by atoms with Crippen molar-refractivity contribution in [2.75, 3.05) is 0 Å². The number of furan rings is 1. The maximum absolute atomic E-state index is 6.55. The highest BCUT2D eigenvalue weighted by molar-refractivity contribution is 6.11. The van der Waals surface area contributed by atoms with E-state index >= 15 is 0 Å². The van der Waals surface area contributed by atoms with E-state index in [0.717, 1.165) is 106 Å². The minimum absolute atomic E-state index is 0.862. The summed E-state index contributed by atoms with van der Waals surface area (Å²) in [5, 5.41) is 11.7. The number of hydrogen-bond donors (Lipinski definition) is 0. The number of imidazole rings is 2. The van der Waals surface area contributed by atoms with Crippen molar-refractivity contribution >= 4 is 21.9 Å². The fourth-order valence-corrected chi connectivity index (χ4v) is 6.36. The van der Waals surface area contributed by atoms with Crippen LogP contribution in [0.1, 0.15) is 12.8 Å². The lowest BCUT2D eigenvalue weighted by Gasteiger charge is -2.07. The third-order valence-electron chi connectivity index (χ3n) is 8.17. The summed E-state index contributed by atoms with van der Waals surface area (Å²) in [5.41, 5.74) is 8.12. The maximum Gasteiger partial charge on any atom is 0.158 e. The third-order valence-corrected chi connectivity index (χ3v) is 8.17. The van der Waals surface area contributed by atoms with Crippen molar-refractivity contribution in [1.82, 2.24) is 38.7 Å². The SMILES string of the molecule is c1cc(-c2cnn3c2-c2nccn2CCC3)c2oc3ccc(-c4cnn5c4-c4nccn4CCC5)cc3c2c1. The van der Waals surface area contributed by atoms with Crippen LogP contribution in [0.4, 0.5) is 0 Å². The van der Waals surface area contributed by atoms with E-state index in [-0.39, 0.29) is 0 Å². The summed E-state index contributed by atoms with van der Waals surface area (Å²) in [5.74, 6) is 1.93. The number of aromatic nitrogens is 8. The molecule has 7 aromatic rings. The van der Waals surface area contributed by atoms with Crippen molar-refractivity contribution in [3.63, 3.8) is 0 Å². The van der Waals surface area contributed by atoms with Gasteiger partial charge in [0.25, 0.3) is 0 Å². The van der Waals surface area contributed by atoms with Crippen LogP contribution < -0.4 is 0 Å². The molecule has 0 radical (unpaired) electrons. The summed E-state index contributed by atoms with van der Waals surface area (Å²) < 4.78 is 15.2. The molecule has 2 aliphatic rings. The van der Waals surface area contributed by atoms with Crippen LogP contribution in [0.2, 0.25) is 0 Å². The number of benzene rings is 2. The molecule has 9 nitrogen and oxygen atoms in total. The standard InChI is InChI=1S/C30H24N8O/c1-4-20-22-16-19(23-17-33-37-12-2-10-35-14-8-31-29(35)26(23)37)6-7-25(22)39-28(20)21(5-1)24-18-34-38-13-3-11-36-15-9-32-30(36)27(24)38/h1,4-9,14-18H,2-3,10-13H2. The van der Waals surface area contributed by atoms with E-state index in [0.29, 0.717) is 0 Å². The molecular weight excluding hydrogens is 488 g/mol. The van der Waals surface area contributed by atoms with Gasteiger partial charge in [-0.1, -0.05) is 24.3 Å². The van der Waals surface area contributed by atoms with Crippen LogP contribution in [0.5, 0.6) is 0 Å². The van der Waals surface area contributed by atoms with Crippen LogP contribution in [0.15, 0.2) is 78.0 Å². The van der Waals surface area contributed by atoms with Gasteiger partial charge in [-0.25, -0.2) is 9.97 Å². The molecule has 9 rings (SSSR count). The van der Waals surface area contributed by atoms with E-state index in [1.54, 1.807) is 0 Å². The Morgan fingerprint density at radius 2 is 1.36 bits per heavy atom. The minimum Gasteiger partial charge on any atom is -0.455 e. The summed E-state index contributed by atoms with van der Waals surface area (Å²) in [6, 6.07) is 12.8. The Morgan fingerprint density at radius 1 is 0.667 bits per heavy atom. The first kappa shape index (κ1) is 21.1. The van der Waals surface area contributed by atoms with Gasteiger partial charge >= 0.3 is 0 Å². The molecule has 0 saturated carbocycles. The zero-order chi connectivity index (χ0) is 25.5. The second-order valence-electron chi connectivity index (χ2n) is 10.4. The molecule has 0 bridgehead atoms. The van der Waals surface area contributed by atoms with Gasteiger partial charge in [0, 0.05) is 78.4 Å². The molecule has 0 amide bonds. The smallest absolute Gasteiger partial charge is 0.158 e. The second kappa shape index (κ2) is 7.80. The summed E-state index contributed by atoms with van der Waals surface area (Å²) >= 11 is 0. The first-order valence-corrected chi connectivity index (χ1v) is 13.4. The average molecular weight is 513 g/mol. The number of nitrogens with zero attached hydrogens (tertiary/aromatic N) is 8. The third kappa shape index (κ3) is 2.95. The lowest BCUT2D eigenvalue weighted by atomic mass is 10.00. The highest BCUT2D eigenvalue weighted by Gasteiger charge is 2.25. The van der Waals surface area contributed by atoms with Crippen molar-refractivity contribution in [1.29, 1.82) is 0 Å². The number of para-hydroxylation sites is 1. The first-order chi connectivity index (χ1) is 19.3. The zero-order valence-corrected chi connectivity index (χ0v) is 21.2. The Bertz CT molecular complexity index is 2050. The van der Waals surface area contributed by atoms with Gasteiger partial charge in [0.15, 0.2) is 11.6 Å². The molecule has 0 aliphatic carbocycles. The van der Waals surface area contributed by atoms with Gasteiger partial charge in [0.2, 0.25) is 0 Å². The van der Waals surface area contributed by atoms with Gasteiger partial charge < -0.3 is 13.6 Å². The predicted octanol–water partition coefficient (Wildman–Crippen LogP) is 5.85. The molecule has 2 aliphatic heterocycles. The summed E-state index contributed by atoms with van der Waals surface area (Å²) in [6.45, 7) is 3.64. The molecule has 7 heterocycles. The average Bonchev–Trinajstić information content (AvgIpc) is 3.77. The second-order valence-corrected chi connectivity index (χ2v) is 10.4. The monoisotopic (exact) mass is 512 g/mol. The van der Waals surface area contributed by atoms with Gasteiger partial charge in [-0.15, -0.1) is 0 Å². The summed E-state index contributed by atoms with van der Waals surface area (Å²) in [6.07, 6.45) is 13.8. The van der Waals surface area contributed by atoms with Crippen molar-refractivity contribution in [2.24, 2.45) is 0 Å². The van der Waals surface area contributed by atoms with Gasteiger partial charge in [0.05, 0.1) is 12.4 Å². The van der Waals surface area contributed by atoms with Crippen LogP contribution in [-0.4, -0.2) is 38.7 Å².